The summed E-state index contributed by atoms with van der Waals surface area (Å²) in [5.74, 6) is 0. The Morgan fingerprint density at radius 1 is 0.737 bits per heavy atom. The Hall–Kier alpha value is -0.540. The van der Waals surface area contributed by atoms with Gasteiger partial charge in [-0.1, -0.05) is 84.1 Å². The van der Waals surface area contributed by atoms with E-state index in [-0.39, 0.29) is 0 Å². The second-order valence-electron chi connectivity index (χ2n) is 5.04. The van der Waals surface area contributed by atoms with Crippen LogP contribution in [0.2, 0.25) is 0 Å². The quantitative estimate of drug-likeness (QED) is 0.156. The number of unbranched alkanes of at least 4 members (excludes halogenated alkanes) is 11. The molecule has 0 aromatic carbocycles. The van der Waals surface area contributed by atoms with Crippen molar-refractivity contribution in [3.8, 4) is 0 Å². The lowest BCUT2D eigenvalue weighted by Crippen LogP contribution is -1.95. The zero-order chi connectivity index (χ0) is 14.0. The van der Waals surface area contributed by atoms with Crippen molar-refractivity contribution >= 4 is 0 Å². The Labute approximate surface area is 119 Å². The lowest BCUT2D eigenvalue weighted by Gasteiger charge is -2.03. The fourth-order valence-corrected chi connectivity index (χ4v) is 2.09. The fraction of sp³-hybridized carbons (Fsp3) is 0.875. The van der Waals surface area contributed by atoms with Crippen LogP contribution in [0.15, 0.2) is 12.8 Å². The highest BCUT2D eigenvalue weighted by Gasteiger charge is 1.94. The van der Waals surface area contributed by atoms with Crippen LogP contribution in [0.1, 0.15) is 84.0 Å². The number of hydrogen-bond donors (Lipinski definition) is 0. The lowest BCUT2D eigenvalue weighted by molar-refractivity contribution is -0.489. The van der Waals surface area contributed by atoms with Crippen molar-refractivity contribution in [3.63, 3.8) is 0 Å². The summed E-state index contributed by atoms with van der Waals surface area (Å²) < 4.78 is 0. The van der Waals surface area contributed by atoms with Crippen LogP contribution in [-0.4, -0.2) is 6.61 Å². The highest BCUT2D eigenvalue weighted by atomic mass is 17.5. The van der Waals surface area contributed by atoms with Crippen LogP contribution in [0.4, 0.5) is 0 Å². The van der Waals surface area contributed by atoms with Crippen LogP contribution >= 0.6 is 0 Å². The monoisotopic (exact) mass is 272 g/mol. The molecule has 0 aromatic rings. The average molecular weight is 272 g/mol. The van der Waals surface area contributed by atoms with Gasteiger partial charge in [-0.2, -0.15) is 4.89 Å². The molecule has 0 saturated carbocycles. The van der Waals surface area contributed by atoms with Crippen LogP contribution in [0, 0.1) is 0 Å². The number of rotatable bonds is 16. The largest absolute Gasteiger partial charge is 0.317 e. The van der Waals surface area contributed by atoms with Crippen molar-refractivity contribution in [2.75, 3.05) is 6.61 Å². The molecule has 0 bridgehead atoms. The van der Waals surface area contributed by atoms with Crippen LogP contribution in [0.25, 0.3) is 0 Å². The molecule has 0 aliphatic rings. The minimum Gasteiger partial charge on any atom is -0.317 e. The molecule has 0 unspecified atom stereocenters. The van der Waals surface area contributed by atoms with E-state index in [4.69, 9.17) is 4.89 Å². The van der Waals surface area contributed by atoms with E-state index in [2.05, 4.69) is 23.4 Å². The predicted molar refractivity (Wildman–Crippen MR) is 79.4 cm³/mol. The minimum absolute atomic E-state index is 0.589. The molecule has 0 atom stereocenters. The smallest absolute Gasteiger partial charge is 0.125 e. The third-order valence-corrected chi connectivity index (χ3v) is 3.24. The molecule has 0 N–H and O–H groups in total. The molecular formula is C16H32O3. The molecule has 0 aliphatic heterocycles. The first-order valence-corrected chi connectivity index (χ1v) is 7.97. The highest BCUT2D eigenvalue weighted by molar-refractivity contribution is 4.48. The van der Waals surface area contributed by atoms with Crippen LogP contribution in [0.3, 0.4) is 0 Å². The average Bonchev–Trinajstić information content (AvgIpc) is 2.43. The van der Waals surface area contributed by atoms with Gasteiger partial charge in [0.25, 0.3) is 0 Å². The Bertz CT molecular complexity index is 171. The van der Waals surface area contributed by atoms with E-state index < -0.39 is 0 Å². The highest BCUT2D eigenvalue weighted by Crippen LogP contribution is 2.11. The van der Waals surface area contributed by atoms with Crippen molar-refractivity contribution in [1.29, 1.82) is 0 Å². The van der Waals surface area contributed by atoms with Crippen molar-refractivity contribution in [2.24, 2.45) is 0 Å². The van der Waals surface area contributed by atoms with Gasteiger partial charge in [0.05, 0.1) is 6.61 Å². The van der Waals surface area contributed by atoms with Crippen LogP contribution < -0.4 is 0 Å². The molecule has 0 aromatic heterocycles. The van der Waals surface area contributed by atoms with E-state index in [9.17, 15) is 0 Å². The summed E-state index contributed by atoms with van der Waals surface area (Å²) in [6.07, 6.45) is 17.3. The summed E-state index contributed by atoms with van der Waals surface area (Å²) in [6.45, 7) is 6.19. The summed E-state index contributed by atoms with van der Waals surface area (Å²) in [7, 11) is 0. The third-order valence-electron chi connectivity index (χ3n) is 3.24. The first-order chi connectivity index (χ1) is 9.41. The molecule has 0 heterocycles. The van der Waals surface area contributed by atoms with Gasteiger partial charge in [-0.05, 0) is 11.5 Å². The van der Waals surface area contributed by atoms with E-state index in [1.807, 2.05) is 0 Å². The van der Waals surface area contributed by atoms with Gasteiger partial charge in [-0.15, -0.1) is 0 Å². The van der Waals surface area contributed by atoms with Crippen LogP contribution in [-0.2, 0) is 14.8 Å². The molecule has 0 saturated heterocycles. The Kier molecular flexibility index (Phi) is 17.0. The maximum Gasteiger partial charge on any atom is 0.125 e. The minimum atomic E-state index is 0.589. The summed E-state index contributed by atoms with van der Waals surface area (Å²) >= 11 is 0. The molecule has 3 heteroatoms. The molecule has 0 fully saturated rings. The Morgan fingerprint density at radius 2 is 1.21 bits per heavy atom. The molecule has 0 amide bonds. The Morgan fingerprint density at radius 3 is 1.68 bits per heavy atom. The molecule has 0 spiro atoms. The van der Waals surface area contributed by atoms with Gasteiger partial charge in [0, 0.05) is 0 Å². The van der Waals surface area contributed by atoms with Crippen molar-refractivity contribution in [3.05, 3.63) is 12.8 Å². The molecule has 3 nitrogen and oxygen atoms in total. The summed E-state index contributed by atoms with van der Waals surface area (Å²) in [4.78, 5) is 9.15. The van der Waals surface area contributed by atoms with Gasteiger partial charge in [0.15, 0.2) is 0 Å². The van der Waals surface area contributed by atoms with E-state index in [0.717, 1.165) is 6.42 Å². The van der Waals surface area contributed by atoms with Crippen molar-refractivity contribution < 1.29 is 14.8 Å². The predicted octanol–water partition coefficient (Wildman–Crippen LogP) is 5.71. The topological polar surface area (TPSA) is 27.7 Å². The van der Waals surface area contributed by atoms with E-state index in [1.165, 1.54) is 76.9 Å². The van der Waals surface area contributed by atoms with Gasteiger partial charge in [0.2, 0.25) is 0 Å². The Balaban J connectivity index is 2.89. The van der Waals surface area contributed by atoms with Crippen LogP contribution in [0.5, 0.6) is 0 Å². The van der Waals surface area contributed by atoms with Gasteiger partial charge in [-0.3, -0.25) is 0 Å². The SMILES string of the molecule is C=COOOCCCCCCCCCCCCCC. The summed E-state index contributed by atoms with van der Waals surface area (Å²) in [5.41, 5.74) is 0. The maximum absolute atomic E-state index is 4.77. The summed E-state index contributed by atoms with van der Waals surface area (Å²) in [6, 6.07) is 0. The van der Waals surface area contributed by atoms with Gasteiger partial charge in [0.1, 0.15) is 6.26 Å². The van der Waals surface area contributed by atoms with Crippen molar-refractivity contribution in [2.45, 2.75) is 84.0 Å². The first kappa shape index (κ1) is 18.5. The lowest BCUT2D eigenvalue weighted by atomic mass is 10.1. The number of hydrogen-bond acceptors (Lipinski definition) is 3. The standard InChI is InChI=1S/C16H32O3/c1-3-5-6-7-8-9-10-11-12-13-14-15-16-18-19-17-4-2/h4H,2-3,5-16H2,1H3. The second kappa shape index (κ2) is 17.5. The molecule has 0 aliphatic carbocycles. The van der Waals surface area contributed by atoms with Gasteiger partial charge < -0.3 is 4.89 Å². The maximum atomic E-state index is 4.77. The van der Waals surface area contributed by atoms with Crippen molar-refractivity contribution in [1.82, 2.24) is 0 Å². The zero-order valence-electron chi connectivity index (χ0n) is 12.7. The molecule has 19 heavy (non-hydrogen) atoms. The van der Waals surface area contributed by atoms with E-state index >= 15 is 0 Å². The summed E-state index contributed by atoms with van der Waals surface area (Å²) in [5, 5.41) is 4.36. The first-order valence-electron chi connectivity index (χ1n) is 7.97. The van der Waals surface area contributed by atoms with Gasteiger partial charge >= 0.3 is 0 Å². The zero-order valence-corrected chi connectivity index (χ0v) is 12.7. The molecule has 114 valence electrons. The van der Waals surface area contributed by atoms with Gasteiger partial charge in [-0.25, -0.2) is 0 Å². The molecule has 0 rings (SSSR count). The van der Waals surface area contributed by atoms with E-state index in [0.29, 0.717) is 6.61 Å². The fourth-order valence-electron chi connectivity index (χ4n) is 2.09. The van der Waals surface area contributed by atoms with E-state index in [1.54, 1.807) is 0 Å². The molecule has 0 radical (unpaired) electrons. The third kappa shape index (κ3) is 17.5. The molecular weight excluding hydrogens is 240 g/mol. The normalized spacial score (nSPS) is 10.6. The second-order valence-corrected chi connectivity index (χ2v) is 5.04.